The van der Waals surface area contributed by atoms with Crippen LogP contribution in [0.25, 0.3) is 0 Å². The van der Waals surface area contributed by atoms with Crippen molar-refractivity contribution in [3.63, 3.8) is 0 Å². The number of carbonyl (C=O) groups is 1. The van der Waals surface area contributed by atoms with E-state index in [0.29, 0.717) is 31.6 Å². The number of rotatable bonds is 3. The summed E-state index contributed by atoms with van der Waals surface area (Å²) < 4.78 is 18.6. The smallest absolute Gasteiger partial charge is 0.227 e. The van der Waals surface area contributed by atoms with Gasteiger partial charge in [-0.1, -0.05) is 30.0 Å². The largest absolute Gasteiger partial charge is 0.394 e. The molecule has 0 aliphatic carbocycles. The van der Waals surface area contributed by atoms with Crippen LogP contribution in [0.3, 0.4) is 0 Å². The van der Waals surface area contributed by atoms with Gasteiger partial charge in [-0.2, -0.15) is 5.26 Å². The van der Waals surface area contributed by atoms with Gasteiger partial charge >= 0.3 is 0 Å². The zero-order valence-electron chi connectivity index (χ0n) is 17.0. The van der Waals surface area contributed by atoms with Gasteiger partial charge in [0.1, 0.15) is 11.9 Å². The van der Waals surface area contributed by atoms with E-state index in [-0.39, 0.29) is 30.2 Å². The average Bonchev–Trinajstić information content (AvgIpc) is 2.79. The predicted octanol–water partition coefficient (Wildman–Crippen LogP) is 2.83. The van der Waals surface area contributed by atoms with Crippen molar-refractivity contribution < 1.29 is 19.0 Å². The van der Waals surface area contributed by atoms with Crippen LogP contribution >= 0.6 is 0 Å². The lowest BCUT2D eigenvalue weighted by Gasteiger charge is -2.52. The van der Waals surface area contributed by atoms with Gasteiger partial charge in [0.2, 0.25) is 5.91 Å². The highest BCUT2D eigenvalue weighted by Gasteiger charge is 2.52. The number of ether oxygens (including phenoxy) is 1. The molecular weight excluding hydrogens is 395 g/mol. The first-order valence-corrected chi connectivity index (χ1v) is 10.4. The maximum atomic E-state index is 13.3. The van der Waals surface area contributed by atoms with Crippen LogP contribution in [0.2, 0.25) is 0 Å². The summed E-state index contributed by atoms with van der Waals surface area (Å²) in [7, 11) is 0. The number of amides is 1. The molecule has 2 heterocycles. The maximum Gasteiger partial charge on any atom is 0.227 e. The third-order valence-corrected chi connectivity index (χ3v) is 6.03. The van der Waals surface area contributed by atoms with E-state index in [2.05, 4.69) is 17.9 Å². The number of nitrogens with zero attached hydrogens (tertiary/aromatic N) is 2. The van der Waals surface area contributed by atoms with Crippen molar-refractivity contribution >= 4 is 5.91 Å². The van der Waals surface area contributed by atoms with Crippen LogP contribution in [-0.2, 0) is 9.53 Å². The molecule has 0 aromatic heterocycles. The Morgan fingerprint density at radius 1 is 1.13 bits per heavy atom. The third-order valence-electron chi connectivity index (χ3n) is 6.03. The lowest BCUT2D eigenvalue weighted by molar-refractivity contribution is -0.154. The molecule has 0 bridgehead atoms. The van der Waals surface area contributed by atoms with Crippen molar-refractivity contribution in [2.45, 2.75) is 30.8 Å². The SMILES string of the molecule is N#C[C@H]1[C@@H](c2ccc(C#Cc3cccc(F)c3)cc2)[C@@H](CO)N1C(=O)C1CCOCC1. The van der Waals surface area contributed by atoms with Gasteiger partial charge in [0.25, 0.3) is 0 Å². The number of likely N-dealkylation sites (tertiary alicyclic amines) is 1. The number of aliphatic hydroxyl groups is 1. The molecule has 2 fully saturated rings. The van der Waals surface area contributed by atoms with Crippen LogP contribution in [0.4, 0.5) is 4.39 Å². The lowest BCUT2D eigenvalue weighted by atomic mass is 9.74. The summed E-state index contributed by atoms with van der Waals surface area (Å²) in [5, 5.41) is 19.7. The molecule has 158 valence electrons. The molecule has 6 heteroatoms. The minimum atomic E-state index is -0.600. The molecular formula is C25H23FN2O3. The summed E-state index contributed by atoms with van der Waals surface area (Å²) >= 11 is 0. The van der Waals surface area contributed by atoms with Crippen molar-refractivity contribution in [3.05, 3.63) is 71.0 Å². The van der Waals surface area contributed by atoms with Gasteiger partial charge in [0.05, 0.1) is 18.7 Å². The molecule has 2 aliphatic rings. The summed E-state index contributed by atoms with van der Waals surface area (Å²) in [4.78, 5) is 14.5. The van der Waals surface area contributed by atoms with Crippen molar-refractivity contribution in [1.29, 1.82) is 5.26 Å². The molecule has 4 rings (SSSR count). The van der Waals surface area contributed by atoms with Crippen LogP contribution in [0, 0.1) is 34.9 Å². The van der Waals surface area contributed by atoms with Crippen LogP contribution < -0.4 is 0 Å². The first-order valence-electron chi connectivity index (χ1n) is 10.4. The van der Waals surface area contributed by atoms with Crippen molar-refractivity contribution in [1.82, 2.24) is 4.90 Å². The second-order valence-electron chi connectivity index (χ2n) is 7.86. The number of hydrogen-bond donors (Lipinski definition) is 1. The van der Waals surface area contributed by atoms with Gasteiger partial charge in [0.15, 0.2) is 0 Å². The number of nitriles is 1. The number of aliphatic hydroxyl groups excluding tert-OH is 1. The van der Waals surface area contributed by atoms with Gasteiger partial charge in [-0.15, -0.1) is 0 Å². The maximum absolute atomic E-state index is 13.3. The van der Waals surface area contributed by atoms with Gasteiger partial charge in [-0.3, -0.25) is 4.79 Å². The fraction of sp³-hybridized carbons (Fsp3) is 0.360. The molecule has 1 N–H and O–H groups in total. The monoisotopic (exact) mass is 418 g/mol. The molecule has 2 aromatic carbocycles. The average molecular weight is 418 g/mol. The van der Waals surface area contributed by atoms with E-state index < -0.39 is 12.1 Å². The Bertz CT molecular complexity index is 1040. The Hall–Kier alpha value is -3.19. The molecule has 2 aromatic rings. The minimum absolute atomic E-state index is 0.0669. The van der Waals surface area contributed by atoms with Gasteiger partial charge in [-0.05, 0) is 48.7 Å². The minimum Gasteiger partial charge on any atom is -0.394 e. The molecule has 1 amide bonds. The first-order chi connectivity index (χ1) is 15.1. The summed E-state index contributed by atoms with van der Waals surface area (Å²) in [5.74, 6) is 5.14. The second kappa shape index (κ2) is 9.31. The zero-order chi connectivity index (χ0) is 21.8. The molecule has 2 saturated heterocycles. The summed E-state index contributed by atoms with van der Waals surface area (Å²) in [6, 6.07) is 14.8. The van der Waals surface area contributed by atoms with Crippen molar-refractivity contribution in [2.24, 2.45) is 5.92 Å². The molecule has 0 unspecified atom stereocenters. The van der Waals surface area contributed by atoms with Crippen molar-refractivity contribution in [2.75, 3.05) is 19.8 Å². The Morgan fingerprint density at radius 2 is 1.84 bits per heavy atom. The number of halogens is 1. The van der Waals surface area contributed by atoms with E-state index in [1.54, 1.807) is 17.0 Å². The van der Waals surface area contributed by atoms with Crippen LogP contribution in [0.5, 0.6) is 0 Å². The molecule has 0 radical (unpaired) electrons. The molecule has 3 atom stereocenters. The number of carbonyl (C=O) groups excluding carboxylic acids is 1. The fourth-order valence-electron chi connectivity index (χ4n) is 4.36. The molecule has 31 heavy (non-hydrogen) atoms. The van der Waals surface area contributed by atoms with Gasteiger partial charge in [0, 0.05) is 36.2 Å². The second-order valence-corrected chi connectivity index (χ2v) is 7.86. The lowest BCUT2D eigenvalue weighted by Crippen LogP contribution is -2.66. The van der Waals surface area contributed by atoms with Crippen LogP contribution in [0.1, 0.15) is 35.4 Å². The van der Waals surface area contributed by atoms with E-state index in [1.165, 1.54) is 12.1 Å². The normalized spacial score (nSPS) is 23.3. The molecule has 5 nitrogen and oxygen atoms in total. The zero-order valence-corrected chi connectivity index (χ0v) is 17.0. The molecule has 0 spiro atoms. The van der Waals surface area contributed by atoms with E-state index in [1.807, 2.05) is 24.3 Å². The van der Waals surface area contributed by atoms with E-state index in [0.717, 1.165) is 11.1 Å². The summed E-state index contributed by atoms with van der Waals surface area (Å²) in [6.45, 7) is 0.901. The highest BCUT2D eigenvalue weighted by Crippen LogP contribution is 2.42. The van der Waals surface area contributed by atoms with Gasteiger partial charge in [-0.25, -0.2) is 4.39 Å². The Labute approximate surface area is 181 Å². The fourth-order valence-corrected chi connectivity index (χ4v) is 4.36. The molecule has 2 aliphatic heterocycles. The molecule has 0 saturated carbocycles. The highest BCUT2D eigenvalue weighted by molar-refractivity contribution is 5.81. The standard InChI is InChI=1S/C25H23FN2O3/c26-21-3-1-2-18(14-21)5-4-17-6-8-19(9-7-17)24-22(15-27)28(23(24)16-29)25(30)20-10-12-31-13-11-20/h1-3,6-9,14,20,22-24,29H,10-13,16H2/t22-,23+,24+/m0/s1. The Kier molecular flexibility index (Phi) is 6.32. The number of hydrogen-bond acceptors (Lipinski definition) is 4. The summed E-state index contributed by atoms with van der Waals surface area (Å²) in [5.41, 5.74) is 2.24. The third kappa shape index (κ3) is 4.32. The van der Waals surface area contributed by atoms with Gasteiger partial charge < -0.3 is 14.7 Å². The predicted molar refractivity (Wildman–Crippen MR) is 112 cm³/mol. The van der Waals surface area contributed by atoms with Crippen LogP contribution in [0.15, 0.2) is 48.5 Å². The quantitative estimate of drug-likeness (QED) is 0.778. The topological polar surface area (TPSA) is 73.6 Å². The Morgan fingerprint density at radius 3 is 2.48 bits per heavy atom. The van der Waals surface area contributed by atoms with E-state index in [9.17, 15) is 19.6 Å². The first kappa shape index (κ1) is 21.1. The Balaban J connectivity index is 1.50. The number of benzene rings is 2. The van der Waals surface area contributed by atoms with Crippen LogP contribution in [-0.4, -0.2) is 47.8 Å². The van der Waals surface area contributed by atoms with E-state index in [4.69, 9.17) is 4.74 Å². The summed E-state index contributed by atoms with van der Waals surface area (Å²) in [6.07, 6.45) is 1.30. The highest BCUT2D eigenvalue weighted by atomic mass is 19.1. The van der Waals surface area contributed by atoms with Crippen molar-refractivity contribution in [3.8, 4) is 17.9 Å². The van der Waals surface area contributed by atoms with E-state index >= 15 is 0 Å².